The Morgan fingerprint density at radius 3 is 2.54 bits per heavy atom. The van der Waals surface area contributed by atoms with Gasteiger partial charge in [-0.1, -0.05) is 41.7 Å². The number of carbonyl (C=O) groups excluding carboxylic acids is 1. The molecule has 0 aromatic carbocycles. The lowest BCUT2D eigenvalue weighted by molar-refractivity contribution is -0.141. The van der Waals surface area contributed by atoms with E-state index >= 15 is 0 Å². The lowest BCUT2D eigenvalue weighted by atomic mass is 10.0. The highest BCUT2D eigenvalue weighted by molar-refractivity contribution is 6.67. The molecule has 1 heterocycles. The Kier molecular flexibility index (Phi) is 5.47. The van der Waals surface area contributed by atoms with Crippen molar-refractivity contribution in [3.05, 3.63) is 22.5 Å². The molecule has 24 heavy (non-hydrogen) atoms. The van der Waals surface area contributed by atoms with Crippen LogP contribution in [0.2, 0.25) is 0 Å². The van der Waals surface area contributed by atoms with Gasteiger partial charge in [-0.25, -0.2) is 9.78 Å². The average molecular weight is 406 g/mol. The van der Waals surface area contributed by atoms with Gasteiger partial charge < -0.3 is 4.74 Å². The standard InChI is InChI=1S/C14H14Cl3F3N2O2/c1-6-3-4-8-9(6)21-11(14(18,19)20)7(2)10(8)22-12(23)24-5-13(15,16)17/h6H,3-5H2,1-2H3,(H,21,22,23). The first-order valence-corrected chi connectivity index (χ1v) is 8.14. The summed E-state index contributed by atoms with van der Waals surface area (Å²) in [5.41, 5.74) is -0.206. The molecule has 4 nitrogen and oxygen atoms in total. The molecule has 0 spiro atoms. The summed E-state index contributed by atoms with van der Waals surface area (Å²) in [7, 11) is 0. The van der Waals surface area contributed by atoms with E-state index in [0.29, 0.717) is 24.1 Å². The van der Waals surface area contributed by atoms with Crippen molar-refractivity contribution >= 4 is 46.6 Å². The number of halogens is 6. The van der Waals surface area contributed by atoms with Gasteiger partial charge in [0, 0.05) is 11.3 Å². The molecule has 1 aromatic heterocycles. The molecule has 0 saturated carbocycles. The highest BCUT2D eigenvalue weighted by Crippen LogP contribution is 2.42. The molecule has 1 amide bonds. The minimum absolute atomic E-state index is 0.0611. The third kappa shape index (κ3) is 4.37. The lowest BCUT2D eigenvalue weighted by Gasteiger charge is -2.19. The first kappa shape index (κ1) is 19.4. The number of alkyl halides is 6. The topological polar surface area (TPSA) is 51.2 Å². The van der Waals surface area contributed by atoms with Crippen molar-refractivity contribution in [2.75, 3.05) is 11.9 Å². The van der Waals surface area contributed by atoms with Gasteiger partial charge in [0.2, 0.25) is 3.79 Å². The van der Waals surface area contributed by atoms with E-state index in [1.165, 1.54) is 6.92 Å². The summed E-state index contributed by atoms with van der Waals surface area (Å²) >= 11 is 16.4. The summed E-state index contributed by atoms with van der Waals surface area (Å²) in [6, 6.07) is 0. The molecule has 1 unspecified atom stereocenters. The monoisotopic (exact) mass is 404 g/mol. The smallest absolute Gasteiger partial charge is 0.433 e. The number of hydrogen-bond acceptors (Lipinski definition) is 3. The van der Waals surface area contributed by atoms with Gasteiger partial charge in [-0.3, -0.25) is 5.32 Å². The third-order valence-corrected chi connectivity index (χ3v) is 4.06. The molecule has 134 valence electrons. The summed E-state index contributed by atoms with van der Waals surface area (Å²) in [5, 5.41) is 2.34. The zero-order chi connectivity index (χ0) is 18.3. The Morgan fingerprint density at radius 2 is 2.00 bits per heavy atom. The SMILES string of the molecule is Cc1c(C(F)(F)F)nc2c(c1NC(=O)OCC(Cl)(Cl)Cl)CCC2C. The molecule has 1 N–H and O–H groups in total. The van der Waals surface area contributed by atoms with Crippen LogP contribution in [0.4, 0.5) is 23.7 Å². The molecular formula is C14H14Cl3F3N2O2. The highest BCUT2D eigenvalue weighted by atomic mass is 35.6. The molecule has 0 aliphatic heterocycles. The number of amides is 1. The zero-order valence-electron chi connectivity index (χ0n) is 12.7. The number of hydrogen-bond donors (Lipinski definition) is 1. The van der Waals surface area contributed by atoms with Gasteiger partial charge in [-0.2, -0.15) is 13.2 Å². The summed E-state index contributed by atoms with van der Waals surface area (Å²) in [4.78, 5) is 15.6. The van der Waals surface area contributed by atoms with Gasteiger partial charge in [-0.05, 0) is 31.2 Å². The second-order valence-corrected chi connectivity index (χ2v) is 8.09. The molecule has 1 aliphatic carbocycles. The largest absolute Gasteiger partial charge is 0.445 e. The van der Waals surface area contributed by atoms with Crippen molar-refractivity contribution in [3.8, 4) is 0 Å². The summed E-state index contributed by atoms with van der Waals surface area (Å²) in [6.45, 7) is 2.52. The Bertz CT molecular complexity index is 660. The van der Waals surface area contributed by atoms with E-state index in [1.54, 1.807) is 6.92 Å². The normalized spacial score (nSPS) is 17.6. The molecule has 1 atom stereocenters. The quantitative estimate of drug-likeness (QED) is 0.672. The molecule has 10 heteroatoms. The summed E-state index contributed by atoms with van der Waals surface area (Å²) in [6.07, 6.45) is -4.45. The lowest BCUT2D eigenvalue weighted by Crippen LogP contribution is -2.23. The van der Waals surface area contributed by atoms with Crippen LogP contribution in [0.1, 0.15) is 41.8 Å². The van der Waals surface area contributed by atoms with Crippen molar-refractivity contribution in [1.82, 2.24) is 4.98 Å². The van der Waals surface area contributed by atoms with Crippen LogP contribution in [0.25, 0.3) is 0 Å². The predicted octanol–water partition coefficient (Wildman–Crippen LogP) is 5.38. The fourth-order valence-electron chi connectivity index (χ4n) is 2.63. The van der Waals surface area contributed by atoms with Crippen LogP contribution >= 0.6 is 34.8 Å². The van der Waals surface area contributed by atoms with Gasteiger partial charge in [0.25, 0.3) is 0 Å². The molecule has 0 fully saturated rings. The fourth-order valence-corrected chi connectivity index (χ4v) is 2.80. The first-order valence-electron chi connectivity index (χ1n) is 7.01. The van der Waals surface area contributed by atoms with E-state index in [9.17, 15) is 18.0 Å². The highest BCUT2D eigenvalue weighted by Gasteiger charge is 2.39. The average Bonchev–Trinajstić information content (AvgIpc) is 2.79. The van der Waals surface area contributed by atoms with Gasteiger partial charge in [0.05, 0.1) is 5.69 Å². The number of ether oxygens (including phenoxy) is 1. The van der Waals surface area contributed by atoms with Crippen molar-refractivity contribution in [2.24, 2.45) is 0 Å². The fraction of sp³-hybridized carbons (Fsp3) is 0.571. The molecule has 0 saturated heterocycles. The molecule has 0 bridgehead atoms. The number of nitrogens with one attached hydrogen (secondary N) is 1. The molecular weight excluding hydrogens is 392 g/mol. The number of anilines is 1. The number of fused-ring (bicyclic) bond motifs is 1. The zero-order valence-corrected chi connectivity index (χ0v) is 15.0. The van der Waals surface area contributed by atoms with Crippen LogP contribution in [-0.4, -0.2) is 21.5 Å². The predicted molar refractivity (Wildman–Crippen MR) is 86.0 cm³/mol. The minimum atomic E-state index is -4.63. The third-order valence-electron chi connectivity index (χ3n) is 3.73. The van der Waals surface area contributed by atoms with Crippen LogP contribution < -0.4 is 5.32 Å². The van der Waals surface area contributed by atoms with Crippen LogP contribution in [-0.2, 0) is 17.3 Å². The number of carbonyl (C=O) groups is 1. The maximum atomic E-state index is 13.2. The van der Waals surface area contributed by atoms with Crippen molar-refractivity contribution in [2.45, 2.75) is 42.6 Å². The Labute approximate surface area is 151 Å². The van der Waals surface area contributed by atoms with Gasteiger partial charge in [0.15, 0.2) is 0 Å². The number of rotatable bonds is 2. The second kappa shape index (κ2) is 6.77. The Balaban J connectivity index is 2.37. The number of nitrogens with zero attached hydrogens (tertiary/aromatic N) is 1. The summed E-state index contributed by atoms with van der Waals surface area (Å²) in [5.74, 6) is -0.126. The minimum Gasteiger partial charge on any atom is -0.445 e. The molecule has 1 aromatic rings. The van der Waals surface area contributed by atoms with Crippen LogP contribution in [0.5, 0.6) is 0 Å². The van der Waals surface area contributed by atoms with Crippen LogP contribution in [0.3, 0.4) is 0 Å². The summed E-state index contributed by atoms with van der Waals surface area (Å²) < 4.78 is 42.5. The second-order valence-electron chi connectivity index (χ2n) is 5.58. The van der Waals surface area contributed by atoms with Crippen molar-refractivity contribution in [3.63, 3.8) is 0 Å². The molecule has 1 aliphatic rings. The number of aromatic nitrogens is 1. The van der Waals surface area contributed by atoms with Gasteiger partial charge in [0.1, 0.15) is 12.3 Å². The van der Waals surface area contributed by atoms with Gasteiger partial charge >= 0.3 is 12.3 Å². The van der Waals surface area contributed by atoms with Crippen molar-refractivity contribution in [1.29, 1.82) is 0 Å². The maximum Gasteiger partial charge on any atom is 0.433 e. The van der Waals surface area contributed by atoms with E-state index in [1.807, 2.05) is 0 Å². The maximum absolute atomic E-state index is 13.2. The van der Waals surface area contributed by atoms with Crippen LogP contribution in [0.15, 0.2) is 0 Å². The Morgan fingerprint density at radius 1 is 1.38 bits per heavy atom. The Hall–Kier alpha value is -0.920. The van der Waals surface area contributed by atoms with Gasteiger partial charge in [-0.15, -0.1) is 0 Å². The van der Waals surface area contributed by atoms with E-state index in [-0.39, 0.29) is 17.2 Å². The molecule has 0 radical (unpaired) electrons. The van der Waals surface area contributed by atoms with E-state index in [0.717, 1.165) is 0 Å². The van der Waals surface area contributed by atoms with E-state index < -0.39 is 28.4 Å². The first-order chi connectivity index (χ1) is 10.9. The van der Waals surface area contributed by atoms with Crippen molar-refractivity contribution < 1.29 is 22.7 Å². The molecule has 2 rings (SSSR count). The number of pyridine rings is 1. The van der Waals surface area contributed by atoms with E-state index in [4.69, 9.17) is 39.5 Å². The van der Waals surface area contributed by atoms with E-state index in [2.05, 4.69) is 10.3 Å². The van der Waals surface area contributed by atoms with Crippen LogP contribution in [0, 0.1) is 6.92 Å².